The molecule has 0 unspecified atom stereocenters. The van der Waals surface area contributed by atoms with Crippen LogP contribution in [-0.4, -0.2) is 30.4 Å². The second kappa shape index (κ2) is 5.31. The Labute approximate surface area is 124 Å². The lowest BCUT2D eigenvalue weighted by Gasteiger charge is -2.21. The summed E-state index contributed by atoms with van der Waals surface area (Å²) in [5.74, 6) is -0.105. The second-order valence-electron chi connectivity index (χ2n) is 5.76. The summed E-state index contributed by atoms with van der Waals surface area (Å²) >= 11 is 0. The van der Waals surface area contributed by atoms with Crippen molar-refractivity contribution in [1.29, 1.82) is 0 Å². The first-order valence-electron chi connectivity index (χ1n) is 6.90. The first-order valence-corrected chi connectivity index (χ1v) is 6.90. The van der Waals surface area contributed by atoms with Gasteiger partial charge in [0.15, 0.2) is 0 Å². The van der Waals surface area contributed by atoms with Gasteiger partial charge in [-0.15, -0.1) is 0 Å². The van der Waals surface area contributed by atoms with Gasteiger partial charge in [0.05, 0.1) is 12.7 Å². The highest BCUT2D eigenvalue weighted by Crippen LogP contribution is 2.28. The minimum Gasteiger partial charge on any atom is -0.465 e. The van der Waals surface area contributed by atoms with Crippen LogP contribution in [-0.2, 0) is 9.53 Å². The zero-order chi connectivity index (χ0) is 15.8. The Hall–Kier alpha value is -2.17. The highest BCUT2D eigenvalue weighted by Gasteiger charge is 2.42. The van der Waals surface area contributed by atoms with Crippen LogP contribution in [0.2, 0.25) is 0 Å². The molecule has 0 fully saturated rings. The topological polar surface area (TPSA) is 67.8 Å². The Morgan fingerprint density at radius 3 is 2.57 bits per heavy atom. The maximum atomic E-state index is 12.2. The number of amides is 1. The molecule has 1 aliphatic rings. The third kappa shape index (κ3) is 2.55. The molecule has 112 valence electrons. The van der Waals surface area contributed by atoms with Gasteiger partial charge in [0.25, 0.3) is 5.91 Å². The van der Waals surface area contributed by atoms with Crippen LogP contribution in [0.3, 0.4) is 0 Å². The number of nitrogens with zero attached hydrogens (tertiary/aromatic N) is 1. The van der Waals surface area contributed by atoms with Gasteiger partial charge in [-0.1, -0.05) is 31.5 Å². The molecule has 0 radical (unpaired) electrons. The van der Waals surface area contributed by atoms with E-state index in [0.29, 0.717) is 17.0 Å². The molecular formula is C16H20N2O3. The summed E-state index contributed by atoms with van der Waals surface area (Å²) in [7, 11) is 1.34. The molecule has 1 amide bonds. The van der Waals surface area contributed by atoms with Crippen LogP contribution >= 0.6 is 0 Å². The van der Waals surface area contributed by atoms with Crippen LogP contribution < -0.4 is 5.32 Å². The van der Waals surface area contributed by atoms with E-state index in [2.05, 4.69) is 10.3 Å². The molecule has 1 heterocycles. The van der Waals surface area contributed by atoms with E-state index in [9.17, 15) is 9.59 Å². The lowest BCUT2D eigenvalue weighted by Crippen LogP contribution is -2.41. The van der Waals surface area contributed by atoms with Crippen LogP contribution in [0.5, 0.6) is 0 Å². The van der Waals surface area contributed by atoms with E-state index in [1.165, 1.54) is 7.11 Å². The molecule has 21 heavy (non-hydrogen) atoms. The number of benzene rings is 1. The van der Waals surface area contributed by atoms with Crippen LogP contribution in [0.15, 0.2) is 23.2 Å². The van der Waals surface area contributed by atoms with Gasteiger partial charge >= 0.3 is 5.97 Å². The highest BCUT2D eigenvalue weighted by atomic mass is 16.5. The maximum absolute atomic E-state index is 12.2. The molecule has 0 aliphatic carbocycles. The van der Waals surface area contributed by atoms with Gasteiger partial charge in [0, 0.05) is 5.56 Å². The van der Waals surface area contributed by atoms with Crippen molar-refractivity contribution in [3.63, 3.8) is 0 Å². The molecule has 0 saturated carbocycles. The minimum atomic E-state index is -0.812. The quantitative estimate of drug-likeness (QED) is 0.866. The van der Waals surface area contributed by atoms with Gasteiger partial charge in [-0.05, 0) is 25.8 Å². The first kappa shape index (κ1) is 15.2. The smallest absolute Gasteiger partial charge is 0.338 e. The Morgan fingerprint density at radius 1 is 1.38 bits per heavy atom. The van der Waals surface area contributed by atoms with Crippen molar-refractivity contribution in [2.75, 3.05) is 7.11 Å². The number of hydrogen-bond acceptors (Lipinski definition) is 4. The summed E-state index contributed by atoms with van der Waals surface area (Å²) in [5, 5.41) is 2.78. The molecule has 1 atom stereocenters. The highest BCUT2D eigenvalue weighted by molar-refractivity contribution is 6.18. The van der Waals surface area contributed by atoms with Gasteiger partial charge in [0.1, 0.15) is 11.4 Å². The summed E-state index contributed by atoms with van der Waals surface area (Å²) in [6, 6.07) is 5.40. The van der Waals surface area contributed by atoms with E-state index in [-0.39, 0.29) is 11.8 Å². The molecule has 0 spiro atoms. The molecule has 2 rings (SSSR count). The molecule has 1 aliphatic heterocycles. The van der Waals surface area contributed by atoms with Crippen molar-refractivity contribution in [2.45, 2.75) is 33.2 Å². The fourth-order valence-corrected chi connectivity index (χ4v) is 2.21. The SMILES string of the molecule is COC(=O)c1cc(C)ccc1C1=N[C@@](C)(C(C)C)C(=O)N1. The molecule has 5 heteroatoms. The van der Waals surface area contributed by atoms with Gasteiger partial charge in [-0.25, -0.2) is 4.79 Å². The number of methoxy groups -OCH3 is 1. The van der Waals surface area contributed by atoms with Gasteiger partial charge in [-0.3, -0.25) is 9.79 Å². The Morgan fingerprint density at radius 2 is 2.05 bits per heavy atom. The molecule has 1 aromatic rings. The standard InChI is InChI=1S/C16H20N2O3/c1-9(2)16(4)15(20)17-13(18-16)11-7-6-10(3)8-12(11)14(19)21-5/h6-9H,1-5H3,(H,17,18,20)/t16-/m0/s1. The number of carbonyl (C=O) groups excluding carboxylic acids is 2. The average molecular weight is 288 g/mol. The number of amidine groups is 1. The van der Waals surface area contributed by atoms with Crippen LogP contribution in [0.1, 0.15) is 42.3 Å². The van der Waals surface area contributed by atoms with Crippen molar-refractivity contribution in [3.05, 3.63) is 34.9 Å². The number of aryl methyl sites for hydroxylation is 1. The molecule has 1 N–H and O–H groups in total. The van der Waals surface area contributed by atoms with Crippen molar-refractivity contribution in [3.8, 4) is 0 Å². The summed E-state index contributed by atoms with van der Waals surface area (Å²) < 4.78 is 4.81. The van der Waals surface area contributed by atoms with E-state index in [0.717, 1.165) is 5.56 Å². The van der Waals surface area contributed by atoms with Gasteiger partial charge in [0.2, 0.25) is 0 Å². The predicted molar refractivity (Wildman–Crippen MR) is 80.4 cm³/mol. The van der Waals surface area contributed by atoms with E-state index in [1.807, 2.05) is 26.8 Å². The van der Waals surface area contributed by atoms with Crippen LogP contribution in [0, 0.1) is 12.8 Å². The number of aliphatic imine (C=N–C) groups is 1. The third-order valence-electron chi connectivity index (χ3n) is 4.00. The van der Waals surface area contributed by atoms with Crippen molar-refractivity contribution >= 4 is 17.7 Å². The molecule has 5 nitrogen and oxygen atoms in total. The van der Waals surface area contributed by atoms with E-state index in [4.69, 9.17) is 4.74 Å². The largest absolute Gasteiger partial charge is 0.465 e. The number of rotatable bonds is 3. The zero-order valence-electron chi connectivity index (χ0n) is 13.0. The lowest BCUT2D eigenvalue weighted by atomic mass is 9.89. The Balaban J connectivity index is 2.54. The van der Waals surface area contributed by atoms with E-state index >= 15 is 0 Å². The lowest BCUT2D eigenvalue weighted by molar-refractivity contribution is -0.124. The van der Waals surface area contributed by atoms with Crippen molar-refractivity contribution in [1.82, 2.24) is 5.32 Å². The predicted octanol–water partition coefficient (Wildman–Crippen LogP) is 2.07. The average Bonchev–Trinajstić information content (AvgIpc) is 2.75. The number of esters is 1. The van der Waals surface area contributed by atoms with Crippen LogP contribution in [0.25, 0.3) is 0 Å². The number of ether oxygens (including phenoxy) is 1. The number of carbonyl (C=O) groups is 2. The van der Waals surface area contributed by atoms with Crippen molar-refractivity contribution < 1.29 is 14.3 Å². The van der Waals surface area contributed by atoms with Gasteiger partial charge < -0.3 is 10.1 Å². The maximum Gasteiger partial charge on any atom is 0.338 e. The van der Waals surface area contributed by atoms with Crippen LogP contribution in [0.4, 0.5) is 0 Å². The second-order valence-corrected chi connectivity index (χ2v) is 5.76. The third-order valence-corrected chi connectivity index (χ3v) is 4.00. The molecule has 0 aromatic heterocycles. The first-order chi connectivity index (χ1) is 9.79. The van der Waals surface area contributed by atoms with Gasteiger partial charge in [-0.2, -0.15) is 0 Å². The summed E-state index contributed by atoms with van der Waals surface area (Å²) in [5.41, 5.74) is 1.12. The Kier molecular flexibility index (Phi) is 3.85. The number of nitrogens with one attached hydrogen (secondary N) is 1. The molecule has 1 aromatic carbocycles. The summed E-state index contributed by atoms with van der Waals surface area (Å²) in [6.45, 7) is 7.58. The normalized spacial score (nSPS) is 21.2. The minimum absolute atomic E-state index is 0.0574. The number of hydrogen-bond donors (Lipinski definition) is 1. The Bertz CT molecular complexity index is 634. The summed E-state index contributed by atoms with van der Waals surface area (Å²) in [4.78, 5) is 28.7. The molecule has 0 saturated heterocycles. The van der Waals surface area contributed by atoms with E-state index < -0.39 is 11.5 Å². The summed E-state index contributed by atoms with van der Waals surface area (Å²) in [6.07, 6.45) is 0. The zero-order valence-corrected chi connectivity index (χ0v) is 13.0. The monoisotopic (exact) mass is 288 g/mol. The molecular weight excluding hydrogens is 268 g/mol. The fourth-order valence-electron chi connectivity index (χ4n) is 2.21. The molecule has 0 bridgehead atoms. The van der Waals surface area contributed by atoms with Crippen molar-refractivity contribution in [2.24, 2.45) is 10.9 Å². The fraction of sp³-hybridized carbons (Fsp3) is 0.438. The van der Waals surface area contributed by atoms with E-state index in [1.54, 1.807) is 19.1 Å².